The molecule has 0 aliphatic heterocycles. The minimum absolute atomic E-state index is 0.210. The van der Waals surface area contributed by atoms with E-state index in [9.17, 15) is 4.39 Å². The summed E-state index contributed by atoms with van der Waals surface area (Å²) in [4.78, 5) is 5.58. The van der Waals surface area contributed by atoms with Crippen LogP contribution in [0, 0.1) is 19.7 Å². The summed E-state index contributed by atoms with van der Waals surface area (Å²) in [6.07, 6.45) is 0. The summed E-state index contributed by atoms with van der Waals surface area (Å²) in [5.74, 6) is -0.210. The molecular weight excluding hydrogens is 197 g/mol. The van der Waals surface area contributed by atoms with Crippen molar-refractivity contribution >= 4 is 11.3 Å². The van der Waals surface area contributed by atoms with E-state index >= 15 is 0 Å². The Morgan fingerprint density at radius 2 is 1.79 bits per heavy atom. The average Bonchev–Trinajstić information content (AvgIpc) is 2.47. The van der Waals surface area contributed by atoms with E-state index in [0.717, 1.165) is 16.3 Å². The van der Waals surface area contributed by atoms with Crippen LogP contribution in [0.1, 0.15) is 9.88 Å². The van der Waals surface area contributed by atoms with Crippen LogP contribution in [0.5, 0.6) is 0 Å². The van der Waals surface area contributed by atoms with Crippen molar-refractivity contribution in [1.82, 2.24) is 4.98 Å². The quantitative estimate of drug-likeness (QED) is 0.696. The zero-order valence-corrected chi connectivity index (χ0v) is 8.86. The van der Waals surface area contributed by atoms with E-state index in [2.05, 4.69) is 4.98 Å². The van der Waals surface area contributed by atoms with Crippen LogP contribution in [-0.2, 0) is 0 Å². The monoisotopic (exact) mass is 207 g/mol. The fraction of sp³-hybridized carbons (Fsp3) is 0.182. The van der Waals surface area contributed by atoms with Crippen LogP contribution in [0.15, 0.2) is 24.3 Å². The molecule has 0 spiro atoms. The van der Waals surface area contributed by atoms with E-state index < -0.39 is 0 Å². The maximum absolute atomic E-state index is 12.7. The van der Waals surface area contributed by atoms with Crippen LogP contribution in [-0.4, -0.2) is 4.98 Å². The Morgan fingerprint density at radius 3 is 2.29 bits per heavy atom. The van der Waals surface area contributed by atoms with Gasteiger partial charge in [-0.1, -0.05) is 0 Å². The van der Waals surface area contributed by atoms with E-state index in [1.54, 1.807) is 23.5 Å². The van der Waals surface area contributed by atoms with E-state index in [4.69, 9.17) is 0 Å². The van der Waals surface area contributed by atoms with Gasteiger partial charge in [0, 0.05) is 10.4 Å². The van der Waals surface area contributed by atoms with Crippen LogP contribution < -0.4 is 0 Å². The highest BCUT2D eigenvalue weighted by atomic mass is 32.1. The van der Waals surface area contributed by atoms with Crippen molar-refractivity contribution in [3.63, 3.8) is 0 Å². The molecule has 0 saturated heterocycles. The van der Waals surface area contributed by atoms with Crippen molar-refractivity contribution < 1.29 is 4.39 Å². The molecule has 14 heavy (non-hydrogen) atoms. The van der Waals surface area contributed by atoms with Crippen molar-refractivity contribution in [2.45, 2.75) is 13.8 Å². The zero-order valence-electron chi connectivity index (χ0n) is 8.04. The molecule has 0 bridgehead atoms. The maximum atomic E-state index is 12.7. The third kappa shape index (κ3) is 1.68. The minimum Gasteiger partial charge on any atom is -0.241 e. The molecule has 0 fully saturated rings. The average molecular weight is 207 g/mol. The molecule has 1 nitrogen and oxygen atoms in total. The summed E-state index contributed by atoms with van der Waals surface area (Å²) in [7, 11) is 0. The Balaban J connectivity index is 2.49. The molecule has 0 radical (unpaired) electrons. The first-order chi connectivity index (χ1) is 6.66. The van der Waals surface area contributed by atoms with Crippen molar-refractivity contribution in [3.8, 4) is 11.3 Å². The summed E-state index contributed by atoms with van der Waals surface area (Å²) in [5, 5.41) is 1.04. The molecule has 0 atom stereocenters. The highest BCUT2D eigenvalue weighted by Crippen LogP contribution is 2.26. The fourth-order valence-electron chi connectivity index (χ4n) is 1.40. The van der Waals surface area contributed by atoms with Crippen molar-refractivity contribution in [1.29, 1.82) is 0 Å². The second-order valence-electron chi connectivity index (χ2n) is 3.14. The second kappa shape index (κ2) is 3.50. The summed E-state index contributed by atoms with van der Waals surface area (Å²) in [5.41, 5.74) is 1.95. The number of rotatable bonds is 1. The standard InChI is InChI=1S/C11H10FNS/c1-7-11(13-8(2)14-7)9-3-5-10(12)6-4-9/h3-6H,1-2H3. The Hall–Kier alpha value is -1.22. The van der Waals surface area contributed by atoms with E-state index in [0.29, 0.717) is 0 Å². The molecular formula is C11H10FNS. The van der Waals surface area contributed by atoms with Gasteiger partial charge >= 0.3 is 0 Å². The second-order valence-corrected chi connectivity index (χ2v) is 4.55. The molecule has 2 aromatic rings. The van der Waals surface area contributed by atoms with Gasteiger partial charge < -0.3 is 0 Å². The van der Waals surface area contributed by atoms with E-state index in [1.807, 2.05) is 13.8 Å². The normalized spacial score (nSPS) is 10.5. The van der Waals surface area contributed by atoms with Gasteiger partial charge in [0.15, 0.2) is 0 Å². The van der Waals surface area contributed by atoms with E-state index in [1.165, 1.54) is 17.0 Å². The van der Waals surface area contributed by atoms with Crippen molar-refractivity contribution in [2.24, 2.45) is 0 Å². The van der Waals surface area contributed by atoms with Gasteiger partial charge in [-0.2, -0.15) is 0 Å². The molecule has 1 aromatic heterocycles. The predicted molar refractivity (Wildman–Crippen MR) is 57.0 cm³/mol. The predicted octanol–water partition coefficient (Wildman–Crippen LogP) is 3.57. The van der Waals surface area contributed by atoms with Crippen LogP contribution in [0.2, 0.25) is 0 Å². The summed E-state index contributed by atoms with van der Waals surface area (Å²) < 4.78 is 12.7. The van der Waals surface area contributed by atoms with Crippen LogP contribution >= 0.6 is 11.3 Å². The van der Waals surface area contributed by atoms with Gasteiger partial charge in [-0.05, 0) is 38.1 Å². The Bertz CT molecular complexity index is 445. The van der Waals surface area contributed by atoms with Crippen LogP contribution in [0.4, 0.5) is 4.39 Å². The lowest BCUT2D eigenvalue weighted by Crippen LogP contribution is -1.81. The van der Waals surface area contributed by atoms with Crippen molar-refractivity contribution in [3.05, 3.63) is 40.0 Å². The number of hydrogen-bond donors (Lipinski definition) is 0. The Kier molecular flexibility index (Phi) is 2.33. The van der Waals surface area contributed by atoms with Gasteiger partial charge in [0.05, 0.1) is 10.7 Å². The SMILES string of the molecule is Cc1nc(-c2ccc(F)cc2)c(C)s1. The summed E-state index contributed by atoms with van der Waals surface area (Å²) >= 11 is 1.66. The minimum atomic E-state index is -0.210. The topological polar surface area (TPSA) is 12.9 Å². The first-order valence-electron chi connectivity index (χ1n) is 4.37. The van der Waals surface area contributed by atoms with Gasteiger partial charge in [-0.3, -0.25) is 0 Å². The first kappa shape index (κ1) is 9.34. The molecule has 3 heteroatoms. The molecule has 0 N–H and O–H groups in total. The number of aryl methyl sites for hydroxylation is 2. The highest BCUT2D eigenvalue weighted by Gasteiger charge is 2.06. The lowest BCUT2D eigenvalue weighted by Gasteiger charge is -1.97. The largest absolute Gasteiger partial charge is 0.241 e. The molecule has 2 rings (SSSR count). The van der Waals surface area contributed by atoms with Crippen molar-refractivity contribution in [2.75, 3.05) is 0 Å². The smallest absolute Gasteiger partial charge is 0.123 e. The van der Waals surface area contributed by atoms with Gasteiger partial charge in [-0.15, -0.1) is 11.3 Å². The van der Waals surface area contributed by atoms with Crippen LogP contribution in [0.3, 0.4) is 0 Å². The molecule has 0 unspecified atom stereocenters. The number of hydrogen-bond acceptors (Lipinski definition) is 2. The first-order valence-corrected chi connectivity index (χ1v) is 5.18. The molecule has 0 aliphatic carbocycles. The van der Waals surface area contributed by atoms with Gasteiger partial charge in [-0.25, -0.2) is 9.37 Å². The number of aromatic nitrogens is 1. The lowest BCUT2D eigenvalue weighted by atomic mass is 10.1. The molecule has 1 heterocycles. The molecule has 1 aromatic carbocycles. The number of halogens is 1. The number of benzene rings is 1. The van der Waals surface area contributed by atoms with Crippen LogP contribution in [0.25, 0.3) is 11.3 Å². The lowest BCUT2D eigenvalue weighted by molar-refractivity contribution is 0.628. The van der Waals surface area contributed by atoms with E-state index in [-0.39, 0.29) is 5.82 Å². The molecule has 0 aliphatic rings. The maximum Gasteiger partial charge on any atom is 0.123 e. The van der Waals surface area contributed by atoms with Gasteiger partial charge in [0.2, 0.25) is 0 Å². The number of thiazole rings is 1. The zero-order chi connectivity index (χ0) is 10.1. The molecule has 0 saturated carbocycles. The summed E-state index contributed by atoms with van der Waals surface area (Å²) in [6, 6.07) is 6.44. The highest BCUT2D eigenvalue weighted by molar-refractivity contribution is 7.11. The summed E-state index contributed by atoms with van der Waals surface area (Å²) in [6.45, 7) is 4.01. The fourth-order valence-corrected chi connectivity index (χ4v) is 2.24. The van der Waals surface area contributed by atoms with Gasteiger partial charge in [0.25, 0.3) is 0 Å². The third-order valence-corrected chi connectivity index (χ3v) is 2.91. The Labute approximate surface area is 86.2 Å². The molecule has 0 amide bonds. The Morgan fingerprint density at radius 1 is 1.14 bits per heavy atom. The molecule has 72 valence electrons. The third-order valence-electron chi connectivity index (χ3n) is 2.02. The van der Waals surface area contributed by atoms with Gasteiger partial charge in [0.1, 0.15) is 5.82 Å². The number of nitrogens with zero attached hydrogens (tertiary/aromatic N) is 1.